The first-order valence-electron chi connectivity index (χ1n) is 10.5. The number of amides is 1. The number of aryl methyl sites for hydroxylation is 1. The number of para-hydroxylation sites is 4. The first-order valence-corrected chi connectivity index (χ1v) is 10.5. The molecule has 0 aliphatic rings. The minimum atomic E-state index is -0.831. The highest BCUT2D eigenvalue weighted by Crippen LogP contribution is 2.24. The van der Waals surface area contributed by atoms with E-state index in [1.807, 2.05) is 0 Å². The van der Waals surface area contributed by atoms with Gasteiger partial charge in [-0.1, -0.05) is 24.3 Å². The van der Waals surface area contributed by atoms with Crippen LogP contribution in [0.5, 0.6) is 0 Å². The van der Waals surface area contributed by atoms with E-state index in [2.05, 4.69) is 25.5 Å². The third-order valence-electron chi connectivity index (χ3n) is 5.38. The zero-order valence-corrected chi connectivity index (χ0v) is 18.6. The number of aromatic amines is 1. The van der Waals surface area contributed by atoms with E-state index in [9.17, 15) is 24.5 Å². The van der Waals surface area contributed by atoms with Crippen LogP contribution in [0.15, 0.2) is 76.7 Å². The molecule has 0 atom stereocenters. The van der Waals surface area contributed by atoms with Crippen molar-refractivity contribution in [2.45, 2.75) is 6.92 Å². The van der Waals surface area contributed by atoms with Crippen LogP contribution in [0.3, 0.4) is 0 Å². The maximum absolute atomic E-state index is 13.2. The van der Waals surface area contributed by atoms with Gasteiger partial charge in [0.05, 0.1) is 28.8 Å². The number of nitro groups is 1. The first-order chi connectivity index (χ1) is 17.3. The van der Waals surface area contributed by atoms with Crippen LogP contribution in [-0.2, 0) is 0 Å². The number of anilines is 1. The van der Waals surface area contributed by atoms with Crippen LogP contribution in [-0.4, -0.2) is 40.4 Å². The number of nitrogens with zero attached hydrogens (tertiary/aromatic N) is 6. The Morgan fingerprint density at radius 3 is 2.56 bits per heavy atom. The summed E-state index contributed by atoms with van der Waals surface area (Å²) in [5.74, 6) is -0.831. The molecule has 13 heteroatoms. The highest BCUT2D eigenvalue weighted by Gasteiger charge is 2.21. The predicted molar refractivity (Wildman–Crippen MR) is 129 cm³/mol. The maximum atomic E-state index is 13.2. The van der Waals surface area contributed by atoms with Crippen molar-refractivity contribution in [2.75, 3.05) is 5.32 Å². The second kappa shape index (κ2) is 8.72. The molecule has 0 saturated heterocycles. The Morgan fingerprint density at radius 1 is 1.06 bits per heavy atom. The van der Waals surface area contributed by atoms with Crippen molar-refractivity contribution in [1.29, 1.82) is 0 Å². The third-order valence-corrected chi connectivity index (χ3v) is 5.38. The molecule has 0 aliphatic carbocycles. The molecule has 0 bridgehead atoms. The van der Waals surface area contributed by atoms with Crippen molar-refractivity contribution < 1.29 is 9.72 Å². The standard InChI is InChI=1S/C23H16N8O5/c1-13-10-19(32)20(28-29(13)17-8-4-5-9-18(17)31(35)36)23(34)27-15-6-2-3-7-16(15)30-21-14(11-26-30)22(33)25-12-24-21/h2-12H,1H3,(H,27,34)(H,24,25,33). The fourth-order valence-corrected chi connectivity index (χ4v) is 3.72. The molecular weight excluding hydrogens is 468 g/mol. The van der Waals surface area contributed by atoms with Gasteiger partial charge in [0.2, 0.25) is 5.43 Å². The fourth-order valence-electron chi connectivity index (χ4n) is 3.72. The van der Waals surface area contributed by atoms with E-state index in [1.54, 1.807) is 37.3 Å². The Bertz CT molecular complexity index is 1790. The van der Waals surface area contributed by atoms with Crippen LogP contribution in [0.1, 0.15) is 16.2 Å². The second-order valence-corrected chi connectivity index (χ2v) is 7.65. The van der Waals surface area contributed by atoms with Crippen molar-refractivity contribution in [3.05, 3.63) is 109 Å². The Balaban J connectivity index is 1.57. The number of H-pyrrole nitrogens is 1. The summed E-state index contributed by atoms with van der Waals surface area (Å²) in [6.07, 6.45) is 2.60. The minimum absolute atomic E-state index is 0.105. The molecule has 3 aromatic heterocycles. The SMILES string of the molecule is Cc1cc(=O)c(C(=O)Nc2ccccc2-n2ncc3c(=O)[nH]cnc32)nn1-c1ccccc1[N+](=O)[O-]. The lowest BCUT2D eigenvalue weighted by Crippen LogP contribution is -2.27. The van der Waals surface area contributed by atoms with Crippen molar-refractivity contribution in [3.8, 4) is 11.4 Å². The summed E-state index contributed by atoms with van der Waals surface area (Å²) >= 11 is 0. The van der Waals surface area contributed by atoms with Gasteiger partial charge in [-0.05, 0) is 25.1 Å². The molecule has 2 aromatic carbocycles. The number of rotatable bonds is 5. The molecule has 0 radical (unpaired) electrons. The molecule has 0 unspecified atom stereocenters. The highest BCUT2D eigenvalue weighted by atomic mass is 16.6. The molecular formula is C23H16N8O5. The van der Waals surface area contributed by atoms with Gasteiger partial charge >= 0.3 is 0 Å². The van der Waals surface area contributed by atoms with E-state index >= 15 is 0 Å². The van der Waals surface area contributed by atoms with Gasteiger partial charge in [0.1, 0.15) is 11.1 Å². The molecule has 0 aliphatic heterocycles. The number of nitro benzene ring substituents is 1. The maximum Gasteiger partial charge on any atom is 0.294 e. The minimum Gasteiger partial charge on any atom is -0.319 e. The first kappa shape index (κ1) is 22.3. The second-order valence-electron chi connectivity index (χ2n) is 7.65. The smallest absolute Gasteiger partial charge is 0.294 e. The lowest BCUT2D eigenvalue weighted by atomic mass is 10.2. The number of benzene rings is 2. The third kappa shape index (κ3) is 3.79. The lowest BCUT2D eigenvalue weighted by Gasteiger charge is -2.13. The van der Waals surface area contributed by atoms with E-state index in [0.717, 1.165) is 0 Å². The van der Waals surface area contributed by atoms with Gasteiger partial charge in [-0.2, -0.15) is 10.2 Å². The number of fused-ring (bicyclic) bond motifs is 1. The highest BCUT2D eigenvalue weighted by molar-refractivity contribution is 6.04. The van der Waals surface area contributed by atoms with Crippen LogP contribution in [0.2, 0.25) is 0 Å². The Hall–Kier alpha value is -5.46. The molecule has 5 rings (SSSR count). The van der Waals surface area contributed by atoms with Gasteiger partial charge < -0.3 is 10.3 Å². The summed E-state index contributed by atoms with van der Waals surface area (Å²) < 4.78 is 2.56. The number of hydrogen-bond donors (Lipinski definition) is 2. The molecule has 0 fully saturated rings. The zero-order chi connectivity index (χ0) is 25.4. The number of nitrogens with one attached hydrogen (secondary N) is 2. The average Bonchev–Trinajstić information content (AvgIpc) is 3.30. The van der Waals surface area contributed by atoms with Crippen molar-refractivity contribution >= 4 is 28.3 Å². The topological polar surface area (TPSA) is 171 Å². The lowest BCUT2D eigenvalue weighted by molar-refractivity contribution is -0.384. The van der Waals surface area contributed by atoms with Gasteiger partial charge in [-0.3, -0.25) is 24.5 Å². The van der Waals surface area contributed by atoms with E-state index in [0.29, 0.717) is 11.4 Å². The van der Waals surface area contributed by atoms with Gasteiger partial charge in [0.25, 0.3) is 17.2 Å². The molecule has 36 heavy (non-hydrogen) atoms. The Kier molecular flexibility index (Phi) is 5.41. The van der Waals surface area contributed by atoms with Gasteiger partial charge in [0.15, 0.2) is 11.3 Å². The van der Waals surface area contributed by atoms with Crippen LogP contribution < -0.4 is 16.3 Å². The van der Waals surface area contributed by atoms with Crippen molar-refractivity contribution in [1.82, 2.24) is 29.5 Å². The van der Waals surface area contributed by atoms with Gasteiger partial charge in [-0.15, -0.1) is 0 Å². The molecule has 0 spiro atoms. The molecule has 5 aromatic rings. The largest absolute Gasteiger partial charge is 0.319 e. The van der Waals surface area contributed by atoms with Crippen LogP contribution in [0.25, 0.3) is 22.4 Å². The average molecular weight is 484 g/mol. The molecule has 13 nitrogen and oxygen atoms in total. The summed E-state index contributed by atoms with van der Waals surface area (Å²) in [6.45, 7) is 1.56. The van der Waals surface area contributed by atoms with E-state index < -0.39 is 22.0 Å². The molecule has 3 heterocycles. The van der Waals surface area contributed by atoms with Gasteiger partial charge in [-0.25, -0.2) is 14.3 Å². The predicted octanol–water partition coefficient (Wildman–Crippen LogP) is 2.12. The van der Waals surface area contributed by atoms with Crippen LogP contribution in [0.4, 0.5) is 11.4 Å². The Morgan fingerprint density at radius 2 is 1.78 bits per heavy atom. The summed E-state index contributed by atoms with van der Waals surface area (Å²) in [5.41, 5.74) is -0.372. The summed E-state index contributed by atoms with van der Waals surface area (Å²) in [4.78, 5) is 55.4. The van der Waals surface area contributed by atoms with Crippen LogP contribution in [0, 0.1) is 17.0 Å². The van der Waals surface area contributed by atoms with Crippen molar-refractivity contribution in [3.63, 3.8) is 0 Å². The summed E-state index contributed by atoms with van der Waals surface area (Å²) in [6, 6.07) is 13.7. The zero-order valence-electron chi connectivity index (χ0n) is 18.6. The molecule has 0 saturated carbocycles. The quantitative estimate of drug-likeness (QED) is 0.282. The summed E-state index contributed by atoms with van der Waals surface area (Å²) in [5, 5.41) is 22.7. The van der Waals surface area contributed by atoms with E-state index in [4.69, 9.17) is 0 Å². The van der Waals surface area contributed by atoms with E-state index in [-0.39, 0.29) is 33.7 Å². The summed E-state index contributed by atoms with van der Waals surface area (Å²) in [7, 11) is 0. The normalized spacial score (nSPS) is 10.9. The molecule has 2 N–H and O–H groups in total. The number of carbonyl (C=O) groups is 1. The Labute approximate surface area is 200 Å². The van der Waals surface area contributed by atoms with Crippen molar-refractivity contribution in [2.24, 2.45) is 0 Å². The van der Waals surface area contributed by atoms with Crippen LogP contribution >= 0.6 is 0 Å². The number of aromatic nitrogens is 6. The molecule has 178 valence electrons. The number of hydrogen-bond acceptors (Lipinski definition) is 8. The van der Waals surface area contributed by atoms with E-state index in [1.165, 1.54) is 46.2 Å². The number of carbonyl (C=O) groups excluding carboxylic acids is 1. The monoisotopic (exact) mass is 484 g/mol. The fraction of sp³-hybridized carbons (Fsp3) is 0.0435. The van der Waals surface area contributed by atoms with Gasteiger partial charge in [0, 0.05) is 17.8 Å². The molecule has 1 amide bonds.